The zero-order valence-electron chi connectivity index (χ0n) is 8.95. The average Bonchev–Trinajstić information content (AvgIpc) is 2.32. The minimum absolute atomic E-state index is 0.683. The number of hydrogen-bond donors (Lipinski definition) is 2. The topological polar surface area (TPSA) is 49.8 Å². The Balaban J connectivity index is 1.66. The van der Waals surface area contributed by atoms with Crippen molar-refractivity contribution >= 4 is 5.82 Å². The first-order valence-electron chi connectivity index (χ1n) is 5.68. The Morgan fingerprint density at radius 3 is 3.13 bits per heavy atom. The van der Waals surface area contributed by atoms with Crippen molar-refractivity contribution in [1.82, 2.24) is 15.3 Å². The van der Waals surface area contributed by atoms with Gasteiger partial charge < -0.3 is 10.6 Å². The van der Waals surface area contributed by atoms with Gasteiger partial charge in [0.25, 0.3) is 0 Å². The molecule has 4 nitrogen and oxygen atoms in total. The molecule has 0 aromatic carbocycles. The van der Waals surface area contributed by atoms with Gasteiger partial charge in [0.15, 0.2) is 0 Å². The van der Waals surface area contributed by atoms with Gasteiger partial charge in [-0.2, -0.15) is 0 Å². The third-order valence-electron chi connectivity index (χ3n) is 2.77. The highest BCUT2D eigenvalue weighted by Crippen LogP contribution is 2.10. The molecule has 1 aliphatic heterocycles. The summed E-state index contributed by atoms with van der Waals surface area (Å²) in [5.41, 5.74) is 0. The summed E-state index contributed by atoms with van der Waals surface area (Å²) in [6.45, 7) is 2.15. The van der Waals surface area contributed by atoms with E-state index in [9.17, 15) is 0 Å². The van der Waals surface area contributed by atoms with Crippen molar-refractivity contribution in [2.75, 3.05) is 18.4 Å². The normalized spacial score (nSPS) is 21.2. The fourth-order valence-corrected chi connectivity index (χ4v) is 1.94. The summed E-state index contributed by atoms with van der Waals surface area (Å²) >= 11 is 0. The lowest BCUT2D eigenvalue weighted by molar-refractivity contribution is 0.389. The smallest absolute Gasteiger partial charge is 0.144 e. The van der Waals surface area contributed by atoms with Crippen molar-refractivity contribution in [2.45, 2.75) is 31.7 Å². The molecule has 0 aliphatic carbocycles. The van der Waals surface area contributed by atoms with E-state index >= 15 is 0 Å². The Labute approximate surface area is 90.5 Å². The number of rotatable bonds is 4. The molecule has 0 radical (unpaired) electrons. The van der Waals surface area contributed by atoms with Crippen LogP contribution in [0, 0.1) is 0 Å². The summed E-state index contributed by atoms with van der Waals surface area (Å²) in [6.07, 6.45) is 10.3. The maximum absolute atomic E-state index is 4.17. The van der Waals surface area contributed by atoms with E-state index in [4.69, 9.17) is 0 Å². The molecule has 0 amide bonds. The molecule has 1 aromatic heterocycles. The second-order valence-electron chi connectivity index (χ2n) is 3.95. The molecule has 1 fully saturated rings. The summed E-state index contributed by atoms with van der Waals surface area (Å²) in [5, 5.41) is 6.81. The molecule has 1 aliphatic rings. The Morgan fingerprint density at radius 1 is 1.40 bits per heavy atom. The first-order valence-corrected chi connectivity index (χ1v) is 5.68. The molecular formula is C11H18N4. The van der Waals surface area contributed by atoms with Gasteiger partial charge in [-0.3, -0.25) is 4.98 Å². The van der Waals surface area contributed by atoms with Crippen molar-refractivity contribution in [2.24, 2.45) is 0 Å². The van der Waals surface area contributed by atoms with E-state index in [1.165, 1.54) is 25.8 Å². The molecule has 1 saturated heterocycles. The summed E-state index contributed by atoms with van der Waals surface area (Å²) in [6, 6.07) is 0.683. The summed E-state index contributed by atoms with van der Waals surface area (Å²) in [4.78, 5) is 8.18. The van der Waals surface area contributed by atoms with Crippen LogP contribution in [0.2, 0.25) is 0 Å². The van der Waals surface area contributed by atoms with Gasteiger partial charge in [0.2, 0.25) is 0 Å². The molecule has 15 heavy (non-hydrogen) atoms. The van der Waals surface area contributed by atoms with Crippen molar-refractivity contribution in [1.29, 1.82) is 0 Å². The van der Waals surface area contributed by atoms with Crippen LogP contribution >= 0.6 is 0 Å². The lowest BCUT2D eigenvalue weighted by atomic mass is 10.0. The second kappa shape index (κ2) is 5.66. The van der Waals surface area contributed by atoms with Gasteiger partial charge >= 0.3 is 0 Å². The number of nitrogens with zero attached hydrogens (tertiary/aromatic N) is 2. The van der Waals surface area contributed by atoms with Crippen molar-refractivity contribution in [3.63, 3.8) is 0 Å². The third kappa shape index (κ3) is 3.47. The van der Waals surface area contributed by atoms with E-state index in [2.05, 4.69) is 20.6 Å². The van der Waals surface area contributed by atoms with E-state index in [1.54, 1.807) is 18.6 Å². The molecule has 82 valence electrons. The van der Waals surface area contributed by atoms with Gasteiger partial charge in [0, 0.05) is 25.0 Å². The highest BCUT2D eigenvalue weighted by molar-refractivity contribution is 5.29. The monoisotopic (exact) mass is 206 g/mol. The van der Waals surface area contributed by atoms with Crippen LogP contribution in [-0.4, -0.2) is 29.1 Å². The van der Waals surface area contributed by atoms with E-state index in [-0.39, 0.29) is 0 Å². The molecule has 2 rings (SSSR count). The average molecular weight is 206 g/mol. The van der Waals surface area contributed by atoms with E-state index in [1.807, 2.05) is 0 Å². The first-order chi connectivity index (χ1) is 7.45. The molecule has 0 bridgehead atoms. The molecule has 2 N–H and O–H groups in total. The Bertz CT molecular complexity index is 269. The summed E-state index contributed by atoms with van der Waals surface area (Å²) in [5.74, 6) is 0.869. The lowest BCUT2D eigenvalue weighted by Gasteiger charge is -2.23. The zero-order valence-corrected chi connectivity index (χ0v) is 8.95. The van der Waals surface area contributed by atoms with Gasteiger partial charge in [0.1, 0.15) is 5.82 Å². The lowest BCUT2D eigenvalue weighted by Crippen LogP contribution is -2.35. The molecule has 4 heteroatoms. The highest BCUT2D eigenvalue weighted by Gasteiger charge is 2.11. The number of hydrogen-bond acceptors (Lipinski definition) is 4. The van der Waals surface area contributed by atoms with Crippen LogP contribution < -0.4 is 10.6 Å². The van der Waals surface area contributed by atoms with E-state index in [0.29, 0.717) is 6.04 Å². The van der Waals surface area contributed by atoms with Gasteiger partial charge in [-0.05, 0) is 25.8 Å². The van der Waals surface area contributed by atoms with Gasteiger partial charge in [-0.15, -0.1) is 0 Å². The van der Waals surface area contributed by atoms with Crippen LogP contribution in [0.1, 0.15) is 25.7 Å². The second-order valence-corrected chi connectivity index (χ2v) is 3.95. The highest BCUT2D eigenvalue weighted by atomic mass is 15.0. The van der Waals surface area contributed by atoms with Crippen LogP contribution in [0.25, 0.3) is 0 Å². The molecule has 1 aromatic rings. The van der Waals surface area contributed by atoms with Crippen LogP contribution in [0.5, 0.6) is 0 Å². The Morgan fingerprint density at radius 2 is 2.40 bits per heavy atom. The summed E-state index contributed by atoms with van der Waals surface area (Å²) in [7, 11) is 0. The Hall–Kier alpha value is -1.16. The number of aromatic nitrogens is 2. The predicted molar refractivity (Wildman–Crippen MR) is 60.8 cm³/mol. The standard InChI is InChI=1S/C11H18N4/c1-2-5-13-10(3-1)4-6-14-11-9-12-7-8-15-11/h7-10,13H,1-6H2,(H,14,15). The van der Waals surface area contributed by atoms with E-state index < -0.39 is 0 Å². The molecule has 1 atom stereocenters. The fourth-order valence-electron chi connectivity index (χ4n) is 1.94. The van der Waals surface area contributed by atoms with Gasteiger partial charge in [-0.25, -0.2) is 4.98 Å². The predicted octanol–water partition coefficient (Wildman–Crippen LogP) is 1.42. The minimum Gasteiger partial charge on any atom is -0.369 e. The quantitative estimate of drug-likeness (QED) is 0.782. The molecule has 0 saturated carbocycles. The van der Waals surface area contributed by atoms with E-state index in [0.717, 1.165) is 18.8 Å². The molecule has 1 unspecified atom stereocenters. The van der Waals surface area contributed by atoms with Crippen molar-refractivity contribution in [3.05, 3.63) is 18.6 Å². The van der Waals surface area contributed by atoms with Crippen LogP contribution in [0.3, 0.4) is 0 Å². The Kier molecular flexibility index (Phi) is 3.91. The number of piperidine rings is 1. The maximum Gasteiger partial charge on any atom is 0.144 e. The first kappa shape index (κ1) is 10.4. The van der Waals surface area contributed by atoms with Crippen LogP contribution in [0.4, 0.5) is 5.82 Å². The molecule has 2 heterocycles. The maximum atomic E-state index is 4.17. The zero-order chi connectivity index (χ0) is 10.3. The fraction of sp³-hybridized carbons (Fsp3) is 0.636. The van der Waals surface area contributed by atoms with Crippen molar-refractivity contribution < 1.29 is 0 Å². The third-order valence-corrected chi connectivity index (χ3v) is 2.77. The molecular weight excluding hydrogens is 188 g/mol. The van der Waals surface area contributed by atoms with Crippen LogP contribution in [0.15, 0.2) is 18.6 Å². The molecule has 0 spiro atoms. The number of anilines is 1. The SMILES string of the molecule is c1cnc(NCCC2CCCCN2)cn1. The van der Waals surface area contributed by atoms with Crippen molar-refractivity contribution in [3.8, 4) is 0 Å². The summed E-state index contributed by atoms with van der Waals surface area (Å²) < 4.78 is 0. The van der Waals surface area contributed by atoms with Crippen LogP contribution in [-0.2, 0) is 0 Å². The van der Waals surface area contributed by atoms with Gasteiger partial charge in [-0.1, -0.05) is 6.42 Å². The number of nitrogens with one attached hydrogen (secondary N) is 2. The largest absolute Gasteiger partial charge is 0.369 e. The van der Waals surface area contributed by atoms with Gasteiger partial charge in [0.05, 0.1) is 6.20 Å². The minimum atomic E-state index is 0.683.